The maximum absolute atomic E-state index is 4.04. The Labute approximate surface area is 131 Å². The van der Waals surface area contributed by atoms with Gasteiger partial charge in [-0.1, -0.05) is 33.1 Å². The summed E-state index contributed by atoms with van der Waals surface area (Å²) in [5.41, 5.74) is 1.39. The molecule has 0 saturated heterocycles. The highest BCUT2D eigenvalue weighted by Crippen LogP contribution is 2.66. The molecule has 120 valence electrons. The maximum atomic E-state index is 4.04. The minimum absolute atomic E-state index is 0.684. The summed E-state index contributed by atoms with van der Waals surface area (Å²) < 4.78 is 0. The highest BCUT2D eigenvalue weighted by molar-refractivity contribution is 5.10. The molecule has 1 heteroatoms. The number of hydrogen-bond acceptors (Lipinski definition) is 1. The summed E-state index contributed by atoms with van der Waals surface area (Å²) in [6.07, 6.45) is 16.7. The van der Waals surface area contributed by atoms with Crippen molar-refractivity contribution in [3.63, 3.8) is 0 Å². The predicted molar refractivity (Wildman–Crippen MR) is 89.3 cm³/mol. The Morgan fingerprint density at radius 2 is 1.81 bits per heavy atom. The van der Waals surface area contributed by atoms with E-state index in [1.807, 2.05) is 0 Å². The summed E-state index contributed by atoms with van der Waals surface area (Å²) >= 11 is 0. The van der Waals surface area contributed by atoms with Crippen LogP contribution < -0.4 is 5.32 Å². The van der Waals surface area contributed by atoms with Crippen molar-refractivity contribution in [3.05, 3.63) is 0 Å². The molecule has 0 radical (unpaired) electrons. The van der Waals surface area contributed by atoms with E-state index in [4.69, 9.17) is 0 Å². The van der Waals surface area contributed by atoms with Crippen LogP contribution >= 0.6 is 0 Å². The third kappa shape index (κ3) is 2.58. The molecule has 0 spiro atoms. The predicted octanol–water partition coefficient (Wildman–Crippen LogP) is 5.15. The Morgan fingerprint density at radius 1 is 1.10 bits per heavy atom. The minimum atomic E-state index is 0.684. The van der Waals surface area contributed by atoms with Crippen LogP contribution in [-0.2, 0) is 0 Å². The minimum Gasteiger partial charge on any atom is -0.313 e. The Morgan fingerprint density at radius 3 is 2.33 bits per heavy atom. The summed E-state index contributed by atoms with van der Waals surface area (Å²) in [5.74, 6) is 3.20. The lowest BCUT2D eigenvalue weighted by atomic mass is 9.42. The van der Waals surface area contributed by atoms with Crippen molar-refractivity contribution in [1.29, 1.82) is 0 Å². The number of nitrogens with one attached hydrogen (secondary N) is 1. The normalized spacial score (nSPS) is 46.6. The second kappa shape index (κ2) is 5.25. The number of rotatable bonds is 6. The van der Waals surface area contributed by atoms with Crippen LogP contribution in [-0.4, -0.2) is 12.6 Å². The van der Waals surface area contributed by atoms with Gasteiger partial charge in [0.15, 0.2) is 0 Å². The molecule has 21 heavy (non-hydrogen) atoms. The molecule has 0 amide bonds. The molecular formula is C20H35N. The van der Waals surface area contributed by atoms with Crippen LogP contribution in [0, 0.1) is 28.6 Å². The van der Waals surface area contributed by atoms with Crippen molar-refractivity contribution >= 4 is 0 Å². The van der Waals surface area contributed by atoms with E-state index in [1.165, 1.54) is 38.6 Å². The Bertz CT molecular complexity index is 369. The lowest BCUT2D eigenvalue weighted by Gasteiger charge is -2.64. The summed E-state index contributed by atoms with van der Waals surface area (Å²) in [6, 6.07) is 0.841. The van der Waals surface area contributed by atoms with Crippen LogP contribution in [0.2, 0.25) is 0 Å². The quantitative estimate of drug-likeness (QED) is 0.713. The Kier molecular flexibility index (Phi) is 3.64. The highest BCUT2D eigenvalue weighted by Gasteiger charge is 2.58. The van der Waals surface area contributed by atoms with E-state index in [0.29, 0.717) is 10.8 Å². The van der Waals surface area contributed by atoms with Crippen molar-refractivity contribution < 1.29 is 0 Å². The molecule has 5 aliphatic carbocycles. The van der Waals surface area contributed by atoms with Crippen molar-refractivity contribution in [3.8, 4) is 0 Å². The molecule has 0 aromatic rings. The van der Waals surface area contributed by atoms with Crippen LogP contribution in [0.3, 0.4) is 0 Å². The monoisotopic (exact) mass is 289 g/mol. The second-order valence-electron chi connectivity index (χ2n) is 9.67. The average Bonchev–Trinajstić information content (AvgIpc) is 2.33. The van der Waals surface area contributed by atoms with Crippen molar-refractivity contribution in [2.24, 2.45) is 28.6 Å². The fourth-order valence-corrected chi connectivity index (χ4v) is 7.14. The summed E-state index contributed by atoms with van der Waals surface area (Å²) in [5, 5.41) is 4.04. The van der Waals surface area contributed by atoms with Gasteiger partial charge < -0.3 is 5.32 Å². The first kappa shape index (κ1) is 14.5. The van der Waals surface area contributed by atoms with Crippen LogP contribution in [0.25, 0.3) is 0 Å². The molecule has 4 bridgehead atoms. The van der Waals surface area contributed by atoms with Gasteiger partial charge in [0.2, 0.25) is 0 Å². The van der Waals surface area contributed by atoms with Gasteiger partial charge in [-0.15, -0.1) is 0 Å². The van der Waals surface area contributed by atoms with E-state index in [9.17, 15) is 0 Å². The van der Waals surface area contributed by atoms with Gasteiger partial charge in [0.1, 0.15) is 0 Å². The first-order valence-corrected chi connectivity index (χ1v) is 9.84. The zero-order valence-corrected chi connectivity index (χ0v) is 14.3. The molecule has 0 aliphatic heterocycles. The van der Waals surface area contributed by atoms with Gasteiger partial charge in [-0.2, -0.15) is 0 Å². The summed E-state index contributed by atoms with van der Waals surface area (Å²) in [4.78, 5) is 0. The number of hydrogen-bond donors (Lipinski definition) is 1. The third-order valence-corrected chi connectivity index (χ3v) is 7.57. The summed E-state index contributed by atoms with van der Waals surface area (Å²) in [7, 11) is 0. The molecule has 5 fully saturated rings. The maximum Gasteiger partial charge on any atom is 0.0126 e. The fourth-order valence-electron chi connectivity index (χ4n) is 7.14. The molecule has 5 aliphatic rings. The largest absolute Gasteiger partial charge is 0.313 e. The standard InChI is InChI=1S/C20H35N/c1-3-7-21-18(9-15-5-4-6-15)20-12-16-8-17(13-20)11-19(2,10-16)14-20/h15-18,21H,3-14H2,1-2H3. The van der Waals surface area contributed by atoms with Gasteiger partial charge in [-0.05, 0) is 86.5 Å². The van der Waals surface area contributed by atoms with Gasteiger partial charge in [0, 0.05) is 6.04 Å². The van der Waals surface area contributed by atoms with E-state index in [2.05, 4.69) is 19.2 Å². The SMILES string of the molecule is CCCNC(CC1CCC1)C12CC3CC(CC(C)(C3)C1)C2. The first-order chi connectivity index (χ1) is 10.1. The smallest absolute Gasteiger partial charge is 0.0126 e. The Hall–Kier alpha value is -0.0400. The third-order valence-electron chi connectivity index (χ3n) is 7.57. The fraction of sp³-hybridized carbons (Fsp3) is 1.00. The lowest BCUT2D eigenvalue weighted by molar-refractivity contribution is -0.122. The van der Waals surface area contributed by atoms with Gasteiger partial charge >= 0.3 is 0 Å². The zero-order valence-electron chi connectivity index (χ0n) is 14.3. The van der Waals surface area contributed by atoms with Crippen LogP contribution in [0.4, 0.5) is 0 Å². The van der Waals surface area contributed by atoms with Gasteiger partial charge in [-0.3, -0.25) is 0 Å². The first-order valence-electron chi connectivity index (χ1n) is 9.84. The molecule has 3 atom stereocenters. The summed E-state index contributed by atoms with van der Waals surface area (Å²) in [6.45, 7) is 6.19. The van der Waals surface area contributed by atoms with Crippen molar-refractivity contribution in [1.82, 2.24) is 5.32 Å². The molecule has 0 aromatic carbocycles. The topological polar surface area (TPSA) is 12.0 Å². The van der Waals surface area contributed by atoms with E-state index < -0.39 is 0 Å². The van der Waals surface area contributed by atoms with E-state index in [-0.39, 0.29) is 0 Å². The van der Waals surface area contributed by atoms with Crippen LogP contribution in [0.15, 0.2) is 0 Å². The van der Waals surface area contributed by atoms with Gasteiger partial charge in [0.25, 0.3) is 0 Å². The van der Waals surface area contributed by atoms with E-state index in [0.717, 1.165) is 23.8 Å². The molecule has 0 aromatic heterocycles. The molecule has 1 N–H and O–H groups in total. The van der Waals surface area contributed by atoms with Crippen LogP contribution in [0.1, 0.15) is 84.5 Å². The molecule has 3 unspecified atom stereocenters. The second-order valence-corrected chi connectivity index (χ2v) is 9.67. The van der Waals surface area contributed by atoms with E-state index >= 15 is 0 Å². The van der Waals surface area contributed by atoms with Crippen LogP contribution in [0.5, 0.6) is 0 Å². The van der Waals surface area contributed by atoms with Gasteiger partial charge in [-0.25, -0.2) is 0 Å². The van der Waals surface area contributed by atoms with Crippen molar-refractivity contribution in [2.45, 2.75) is 90.5 Å². The molecular weight excluding hydrogens is 254 g/mol. The average molecular weight is 290 g/mol. The highest BCUT2D eigenvalue weighted by atomic mass is 14.9. The van der Waals surface area contributed by atoms with Crippen molar-refractivity contribution in [2.75, 3.05) is 6.54 Å². The molecule has 5 saturated carbocycles. The molecule has 0 heterocycles. The van der Waals surface area contributed by atoms with Gasteiger partial charge in [0.05, 0.1) is 0 Å². The Balaban J connectivity index is 1.55. The molecule has 1 nitrogen and oxygen atoms in total. The lowest BCUT2D eigenvalue weighted by Crippen LogP contribution is -2.59. The van der Waals surface area contributed by atoms with E-state index in [1.54, 1.807) is 38.5 Å². The molecule has 5 rings (SSSR count). The zero-order chi connectivity index (χ0) is 14.5.